The highest BCUT2D eigenvalue weighted by molar-refractivity contribution is 5.76. The molecule has 1 amide bonds. The lowest BCUT2D eigenvalue weighted by Crippen LogP contribution is -2.32. The van der Waals surface area contributed by atoms with Crippen molar-refractivity contribution in [2.24, 2.45) is 0 Å². The van der Waals surface area contributed by atoms with Gasteiger partial charge in [-0.05, 0) is 25.8 Å². The van der Waals surface area contributed by atoms with Gasteiger partial charge in [0.1, 0.15) is 0 Å². The van der Waals surface area contributed by atoms with E-state index in [0.29, 0.717) is 6.42 Å². The van der Waals surface area contributed by atoms with Crippen LogP contribution in [-0.2, 0) is 4.79 Å². The third-order valence-corrected chi connectivity index (χ3v) is 2.55. The minimum atomic E-state index is -4.13. The van der Waals surface area contributed by atoms with Gasteiger partial charge in [-0.2, -0.15) is 13.2 Å². The van der Waals surface area contributed by atoms with Gasteiger partial charge in [0.25, 0.3) is 0 Å². The highest BCUT2D eigenvalue weighted by Crippen LogP contribution is 2.20. The second-order valence-electron chi connectivity index (χ2n) is 4.07. The second kappa shape index (κ2) is 6.08. The Kier molecular flexibility index (Phi) is 5.05. The maximum absolute atomic E-state index is 11.8. The molecule has 0 aromatic carbocycles. The molecule has 94 valence electrons. The van der Waals surface area contributed by atoms with E-state index in [1.165, 1.54) is 0 Å². The highest BCUT2D eigenvalue weighted by Gasteiger charge is 2.26. The Bertz CT molecular complexity index is 225. The van der Waals surface area contributed by atoms with Crippen LogP contribution in [0.25, 0.3) is 0 Å². The number of hydrogen-bond donors (Lipinski definition) is 2. The first-order chi connectivity index (χ1) is 7.47. The van der Waals surface area contributed by atoms with E-state index in [1.54, 1.807) is 0 Å². The van der Waals surface area contributed by atoms with E-state index in [9.17, 15) is 18.0 Å². The van der Waals surface area contributed by atoms with E-state index in [2.05, 4.69) is 10.6 Å². The molecule has 2 N–H and O–H groups in total. The fraction of sp³-hybridized carbons (Fsp3) is 0.900. The van der Waals surface area contributed by atoms with Crippen LogP contribution in [0.3, 0.4) is 0 Å². The zero-order chi connectivity index (χ0) is 12.0. The molecule has 1 aliphatic rings. The first kappa shape index (κ1) is 13.3. The van der Waals surface area contributed by atoms with Gasteiger partial charge in [-0.15, -0.1) is 0 Å². The SMILES string of the molecule is O=C(CC1CCCN1)NCCCC(F)(F)F. The van der Waals surface area contributed by atoms with Crippen molar-refractivity contribution < 1.29 is 18.0 Å². The van der Waals surface area contributed by atoms with Crippen LogP contribution in [0.5, 0.6) is 0 Å². The lowest BCUT2D eigenvalue weighted by atomic mass is 10.1. The van der Waals surface area contributed by atoms with Crippen molar-refractivity contribution in [1.82, 2.24) is 10.6 Å². The monoisotopic (exact) mass is 238 g/mol. The van der Waals surface area contributed by atoms with Crippen LogP contribution in [0.2, 0.25) is 0 Å². The zero-order valence-corrected chi connectivity index (χ0v) is 9.07. The molecule has 0 aliphatic carbocycles. The summed E-state index contributed by atoms with van der Waals surface area (Å²) in [7, 11) is 0. The molecule has 16 heavy (non-hydrogen) atoms. The first-order valence-corrected chi connectivity index (χ1v) is 5.54. The molecule has 0 aromatic rings. The minimum absolute atomic E-state index is 0.0483. The smallest absolute Gasteiger partial charge is 0.356 e. The Morgan fingerprint density at radius 1 is 1.44 bits per heavy atom. The normalized spacial score (nSPS) is 21.1. The number of carbonyl (C=O) groups is 1. The maximum atomic E-state index is 11.8. The van der Waals surface area contributed by atoms with Gasteiger partial charge < -0.3 is 10.6 Å². The van der Waals surface area contributed by atoms with Crippen molar-refractivity contribution in [2.45, 2.75) is 44.3 Å². The van der Waals surface area contributed by atoms with Gasteiger partial charge in [0.15, 0.2) is 0 Å². The number of alkyl halides is 3. The Balaban J connectivity index is 2.02. The maximum Gasteiger partial charge on any atom is 0.389 e. The predicted octanol–water partition coefficient (Wildman–Crippen LogP) is 1.59. The minimum Gasteiger partial charge on any atom is -0.356 e. The molecule has 1 fully saturated rings. The van der Waals surface area contributed by atoms with Crippen LogP contribution in [0, 0.1) is 0 Å². The zero-order valence-electron chi connectivity index (χ0n) is 9.07. The average molecular weight is 238 g/mol. The average Bonchev–Trinajstić information content (AvgIpc) is 2.63. The second-order valence-corrected chi connectivity index (χ2v) is 4.07. The van der Waals surface area contributed by atoms with E-state index < -0.39 is 12.6 Å². The van der Waals surface area contributed by atoms with Crippen molar-refractivity contribution in [2.75, 3.05) is 13.1 Å². The largest absolute Gasteiger partial charge is 0.389 e. The van der Waals surface area contributed by atoms with Crippen LogP contribution in [0.1, 0.15) is 32.1 Å². The molecule has 1 aliphatic heterocycles. The molecule has 1 saturated heterocycles. The number of halogens is 3. The van der Waals surface area contributed by atoms with Crippen molar-refractivity contribution in [1.29, 1.82) is 0 Å². The molecule has 0 bridgehead atoms. The van der Waals surface area contributed by atoms with Crippen LogP contribution in [-0.4, -0.2) is 31.2 Å². The molecule has 0 radical (unpaired) electrons. The van der Waals surface area contributed by atoms with Gasteiger partial charge in [0.05, 0.1) is 0 Å². The summed E-state index contributed by atoms with van der Waals surface area (Å²) in [5.41, 5.74) is 0. The fourth-order valence-electron chi connectivity index (χ4n) is 1.74. The predicted molar refractivity (Wildman–Crippen MR) is 53.9 cm³/mol. The van der Waals surface area contributed by atoms with Gasteiger partial charge in [-0.3, -0.25) is 4.79 Å². The highest BCUT2D eigenvalue weighted by atomic mass is 19.4. The summed E-state index contributed by atoms with van der Waals surface area (Å²) in [6.45, 7) is 1.02. The van der Waals surface area contributed by atoms with E-state index in [4.69, 9.17) is 0 Å². The molecular formula is C10H17F3N2O. The molecule has 1 heterocycles. The summed E-state index contributed by atoms with van der Waals surface area (Å²) in [5.74, 6) is -0.165. The molecule has 6 heteroatoms. The summed E-state index contributed by atoms with van der Waals surface area (Å²) in [6.07, 6.45) is -2.62. The number of carbonyl (C=O) groups excluding carboxylic acids is 1. The topological polar surface area (TPSA) is 41.1 Å². The van der Waals surface area contributed by atoms with Crippen LogP contribution >= 0.6 is 0 Å². The van der Waals surface area contributed by atoms with Gasteiger partial charge in [0, 0.05) is 25.4 Å². The van der Waals surface area contributed by atoms with Gasteiger partial charge in [-0.1, -0.05) is 0 Å². The Morgan fingerprint density at radius 2 is 2.19 bits per heavy atom. The summed E-state index contributed by atoms with van der Waals surface area (Å²) < 4.78 is 35.4. The van der Waals surface area contributed by atoms with Gasteiger partial charge in [0.2, 0.25) is 5.91 Å². The van der Waals surface area contributed by atoms with E-state index in [0.717, 1.165) is 19.4 Å². The van der Waals surface area contributed by atoms with Crippen LogP contribution in [0.15, 0.2) is 0 Å². The number of nitrogens with one attached hydrogen (secondary N) is 2. The van der Waals surface area contributed by atoms with E-state index >= 15 is 0 Å². The van der Waals surface area contributed by atoms with Crippen molar-refractivity contribution in [3.05, 3.63) is 0 Å². The van der Waals surface area contributed by atoms with Crippen LogP contribution < -0.4 is 10.6 Å². The van der Waals surface area contributed by atoms with Crippen LogP contribution in [0.4, 0.5) is 13.2 Å². The third-order valence-electron chi connectivity index (χ3n) is 2.55. The van der Waals surface area contributed by atoms with E-state index in [-0.39, 0.29) is 24.9 Å². The summed E-state index contributed by atoms with van der Waals surface area (Å²) >= 11 is 0. The fourth-order valence-corrected chi connectivity index (χ4v) is 1.74. The van der Waals surface area contributed by atoms with Crippen molar-refractivity contribution >= 4 is 5.91 Å². The standard InChI is InChI=1S/C10H17F3N2O/c11-10(12,13)4-2-6-15-9(16)7-8-3-1-5-14-8/h8,14H,1-7H2,(H,15,16). The Labute approximate surface area is 92.8 Å². The molecule has 1 rings (SSSR count). The summed E-state index contributed by atoms with van der Waals surface area (Å²) in [4.78, 5) is 11.3. The number of hydrogen-bond acceptors (Lipinski definition) is 2. The molecule has 0 saturated carbocycles. The lowest BCUT2D eigenvalue weighted by Gasteiger charge is -2.10. The summed E-state index contributed by atoms with van der Waals surface area (Å²) in [5, 5.41) is 5.66. The Morgan fingerprint density at radius 3 is 2.75 bits per heavy atom. The first-order valence-electron chi connectivity index (χ1n) is 5.54. The molecule has 1 unspecified atom stereocenters. The molecule has 0 spiro atoms. The molecule has 0 aromatic heterocycles. The van der Waals surface area contributed by atoms with Gasteiger partial charge >= 0.3 is 6.18 Å². The molecule has 3 nitrogen and oxygen atoms in total. The summed E-state index contributed by atoms with van der Waals surface area (Å²) in [6, 6.07) is 0.197. The Hall–Kier alpha value is -0.780. The number of amides is 1. The quantitative estimate of drug-likeness (QED) is 0.714. The van der Waals surface area contributed by atoms with Gasteiger partial charge in [-0.25, -0.2) is 0 Å². The molecular weight excluding hydrogens is 221 g/mol. The van der Waals surface area contributed by atoms with Crippen molar-refractivity contribution in [3.63, 3.8) is 0 Å². The number of rotatable bonds is 5. The molecule has 1 atom stereocenters. The third kappa shape index (κ3) is 5.95. The lowest BCUT2D eigenvalue weighted by molar-refractivity contribution is -0.136. The van der Waals surface area contributed by atoms with Crippen molar-refractivity contribution in [3.8, 4) is 0 Å². The van der Waals surface area contributed by atoms with E-state index in [1.807, 2.05) is 0 Å².